The summed E-state index contributed by atoms with van der Waals surface area (Å²) in [7, 11) is 0. The third-order valence-corrected chi connectivity index (χ3v) is 7.67. The first-order valence-corrected chi connectivity index (χ1v) is 12.2. The predicted octanol–water partition coefficient (Wildman–Crippen LogP) is 5.74. The topological polar surface area (TPSA) is 50.1 Å². The number of hydrogen-bond acceptors (Lipinski definition) is 5. The summed E-state index contributed by atoms with van der Waals surface area (Å²) in [6.07, 6.45) is -7.77. The summed E-state index contributed by atoms with van der Waals surface area (Å²) in [5.41, 5.74) is -0.188. The fraction of sp³-hybridized carbons (Fsp3) is 0.458. The van der Waals surface area contributed by atoms with Crippen molar-refractivity contribution < 1.29 is 30.7 Å². The summed E-state index contributed by atoms with van der Waals surface area (Å²) in [6.45, 7) is -0.0577. The van der Waals surface area contributed by atoms with Gasteiger partial charge in [-0.05, 0) is 48.7 Å². The van der Waals surface area contributed by atoms with Crippen LogP contribution < -0.4 is 4.90 Å². The first-order chi connectivity index (χ1) is 17.8. The van der Waals surface area contributed by atoms with Crippen molar-refractivity contribution in [3.63, 3.8) is 0 Å². The molecule has 202 valence electrons. The third-order valence-electron chi connectivity index (χ3n) is 7.44. The second kappa shape index (κ2) is 8.54. The van der Waals surface area contributed by atoms with Crippen LogP contribution in [-0.2, 0) is 19.3 Å². The zero-order valence-electron chi connectivity index (χ0n) is 19.6. The summed E-state index contributed by atoms with van der Waals surface area (Å²) in [5.74, 6) is -0.344. The number of alkyl halides is 6. The molecule has 3 aromatic rings. The average Bonchev–Trinajstić information content (AvgIpc) is 3.06. The molecule has 2 aliphatic heterocycles. The minimum absolute atomic E-state index is 0.00612. The lowest BCUT2D eigenvalue weighted by Gasteiger charge is -2.59. The van der Waals surface area contributed by atoms with Crippen LogP contribution in [0.25, 0.3) is 5.69 Å². The zero-order valence-corrected chi connectivity index (χ0v) is 20.4. The Morgan fingerprint density at radius 3 is 2.37 bits per heavy atom. The van der Waals surface area contributed by atoms with Crippen molar-refractivity contribution in [2.75, 3.05) is 24.5 Å². The molecule has 0 unspecified atom stereocenters. The van der Waals surface area contributed by atoms with E-state index in [0.717, 1.165) is 0 Å². The third kappa shape index (κ3) is 4.49. The van der Waals surface area contributed by atoms with Gasteiger partial charge in [0.25, 0.3) is 0 Å². The van der Waals surface area contributed by atoms with Gasteiger partial charge in [-0.2, -0.15) is 30.7 Å². The van der Waals surface area contributed by atoms with Gasteiger partial charge in [0.15, 0.2) is 5.82 Å². The van der Waals surface area contributed by atoms with Gasteiger partial charge in [0.1, 0.15) is 17.2 Å². The second-order valence-electron chi connectivity index (χ2n) is 10.3. The van der Waals surface area contributed by atoms with E-state index in [1.54, 1.807) is 23.1 Å². The standard InChI is InChI=1S/C24H20ClF7N6/c25-15-1-3-17-13(5-15)8-36(12-23(27,28)29)9-19-34-35-21(38(17)19)14-6-22(7-14)10-37(11-22)18-4-2-16(20(26)33-18)24(30,31)32/h1-5,14H,6-12H2. The average molecular weight is 561 g/mol. The second-order valence-corrected chi connectivity index (χ2v) is 10.7. The van der Waals surface area contributed by atoms with Crippen LogP contribution in [0.4, 0.5) is 36.6 Å². The van der Waals surface area contributed by atoms with Crippen LogP contribution in [0.5, 0.6) is 0 Å². The molecule has 1 saturated carbocycles. The Morgan fingerprint density at radius 1 is 0.974 bits per heavy atom. The van der Waals surface area contributed by atoms with Gasteiger partial charge in [-0.25, -0.2) is 4.98 Å². The number of hydrogen-bond donors (Lipinski definition) is 0. The van der Waals surface area contributed by atoms with E-state index < -0.39 is 30.4 Å². The fourth-order valence-corrected chi connectivity index (χ4v) is 6.08. The summed E-state index contributed by atoms with van der Waals surface area (Å²) < 4.78 is 93.8. The monoisotopic (exact) mass is 560 g/mol. The summed E-state index contributed by atoms with van der Waals surface area (Å²) in [6, 6.07) is 6.96. The van der Waals surface area contributed by atoms with E-state index in [4.69, 9.17) is 11.6 Å². The van der Waals surface area contributed by atoms with Gasteiger partial charge in [0.05, 0.1) is 18.8 Å². The molecule has 0 N–H and O–H groups in total. The molecule has 2 aromatic heterocycles. The van der Waals surface area contributed by atoms with Crippen molar-refractivity contribution in [1.82, 2.24) is 24.6 Å². The molecule has 0 radical (unpaired) electrons. The van der Waals surface area contributed by atoms with E-state index in [1.807, 2.05) is 4.57 Å². The van der Waals surface area contributed by atoms with Crippen molar-refractivity contribution in [3.8, 4) is 5.69 Å². The highest BCUT2D eigenvalue weighted by Gasteiger charge is 2.54. The molecule has 1 spiro atoms. The van der Waals surface area contributed by atoms with Crippen molar-refractivity contribution in [2.45, 2.75) is 44.2 Å². The van der Waals surface area contributed by atoms with Crippen LogP contribution in [0.2, 0.25) is 5.02 Å². The first-order valence-electron chi connectivity index (χ1n) is 11.8. The van der Waals surface area contributed by atoms with Crippen molar-refractivity contribution in [1.29, 1.82) is 0 Å². The molecule has 0 bridgehead atoms. The Labute approximate surface area is 217 Å². The van der Waals surface area contributed by atoms with E-state index in [-0.39, 0.29) is 30.2 Å². The van der Waals surface area contributed by atoms with E-state index >= 15 is 0 Å². The van der Waals surface area contributed by atoms with Crippen molar-refractivity contribution in [3.05, 3.63) is 64.1 Å². The molecule has 3 aliphatic rings. The van der Waals surface area contributed by atoms with Crippen molar-refractivity contribution in [2.24, 2.45) is 5.41 Å². The molecule has 2 fully saturated rings. The van der Waals surface area contributed by atoms with Gasteiger partial charge in [-0.15, -0.1) is 10.2 Å². The van der Waals surface area contributed by atoms with Gasteiger partial charge in [-0.1, -0.05) is 11.6 Å². The highest BCUT2D eigenvalue weighted by Crippen LogP contribution is 2.56. The highest BCUT2D eigenvalue weighted by molar-refractivity contribution is 6.30. The predicted molar refractivity (Wildman–Crippen MR) is 122 cm³/mol. The molecular formula is C24H20ClF7N6. The first kappa shape index (κ1) is 25.4. The molecule has 6 nitrogen and oxygen atoms in total. The Bertz CT molecular complexity index is 1390. The Balaban J connectivity index is 1.20. The van der Waals surface area contributed by atoms with Gasteiger partial charge >= 0.3 is 12.4 Å². The molecule has 4 heterocycles. The molecule has 1 aliphatic carbocycles. The smallest absolute Gasteiger partial charge is 0.355 e. The number of pyridine rings is 1. The minimum Gasteiger partial charge on any atom is -0.355 e. The summed E-state index contributed by atoms with van der Waals surface area (Å²) in [4.78, 5) is 6.50. The fourth-order valence-electron chi connectivity index (χ4n) is 5.88. The SMILES string of the molecule is Fc1nc(N2CC3(CC(c4nnc5n4-c4ccc(Cl)cc4CN(CC(F)(F)F)C5)C3)C2)ccc1C(F)(F)F. The molecule has 1 aromatic carbocycles. The lowest BCUT2D eigenvalue weighted by atomic mass is 9.57. The van der Waals surface area contributed by atoms with Gasteiger partial charge in [0, 0.05) is 36.0 Å². The minimum atomic E-state index is -4.81. The largest absolute Gasteiger partial charge is 0.420 e. The van der Waals surface area contributed by atoms with Crippen LogP contribution in [-0.4, -0.2) is 50.5 Å². The maximum Gasteiger partial charge on any atom is 0.420 e. The molecule has 0 amide bonds. The maximum atomic E-state index is 13.9. The molecular weight excluding hydrogens is 541 g/mol. The molecule has 14 heteroatoms. The van der Waals surface area contributed by atoms with Crippen LogP contribution in [0.15, 0.2) is 30.3 Å². The van der Waals surface area contributed by atoms with Crippen molar-refractivity contribution >= 4 is 17.4 Å². The quantitative estimate of drug-likeness (QED) is 0.302. The number of nitrogens with zero attached hydrogens (tertiary/aromatic N) is 6. The Hall–Kier alpha value is -2.93. The van der Waals surface area contributed by atoms with E-state index in [1.165, 1.54) is 11.0 Å². The number of anilines is 1. The number of benzene rings is 1. The molecule has 38 heavy (non-hydrogen) atoms. The summed E-state index contributed by atoms with van der Waals surface area (Å²) >= 11 is 6.15. The molecule has 6 rings (SSSR count). The van der Waals surface area contributed by atoms with E-state index in [9.17, 15) is 30.7 Å². The molecule has 1 saturated heterocycles. The van der Waals surface area contributed by atoms with Crippen LogP contribution in [0.1, 0.15) is 41.5 Å². The maximum absolute atomic E-state index is 13.9. The van der Waals surface area contributed by atoms with Crippen LogP contribution in [0.3, 0.4) is 0 Å². The number of aromatic nitrogens is 4. The van der Waals surface area contributed by atoms with Gasteiger partial charge < -0.3 is 4.90 Å². The highest BCUT2D eigenvalue weighted by atomic mass is 35.5. The lowest BCUT2D eigenvalue weighted by molar-refractivity contribution is -0.148. The van der Waals surface area contributed by atoms with E-state index in [2.05, 4.69) is 15.2 Å². The number of halogens is 8. The number of fused-ring (bicyclic) bond motifs is 3. The summed E-state index contributed by atoms with van der Waals surface area (Å²) in [5, 5.41) is 9.00. The van der Waals surface area contributed by atoms with Gasteiger partial charge in [-0.3, -0.25) is 9.47 Å². The zero-order chi connectivity index (χ0) is 27.0. The normalized spacial score (nSPS) is 19.5. The Kier molecular flexibility index (Phi) is 5.69. The van der Waals surface area contributed by atoms with E-state index in [0.29, 0.717) is 59.9 Å². The van der Waals surface area contributed by atoms with Crippen LogP contribution in [0, 0.1) is 11.4 Å². The Morgan fingerprint density at radius 2 is 1.71 bits per heavy atom. The van der Waals surface area contributed by atoms with Gasteiger partial charge in [0.2, 0.25) is 5.95 Å². The lowest BCUT2D eigenvalue weighted by Crippen LogP contribution is -2.62. The number of rotatable bonds is 3. The van der Waals surface area contributed by atoms with Crippen LogP contribution >= 0.6 is 11.6 Å². The molecule has 0 atom stereocenters.